The number of methoxy groups -OCH3 is 1. The molecule has 0 aromatic heterocycles. The van der Waals surface area contributed by atoms with Gasteiger partial charge in [-0.1, -0.05) is 12.7 Å². The molecule has 2 nitrogen and oxygen atoms in total. The van der Waals surface area contributed by atoms with Crippen molar-refractivity contribution in [3.8, 4) is 11.5 Å². The zero-order valence-corrected chi connectivity index (χ0v) is 9.91. The van der Waals surface area contributed by atoms with Gasteiger partial charge in [0.15, 0.2) is 0 Å². The van der Waals surface area contributed by atoms with Gasteiger partial charge in [0.2, 0.25) is 0 Å². The molecule has 1 aliphatic rings. The highest BCUT2D eigenvalue weighted by molar-refractivity contribution is 5.67. The van der Waals surface area contributed by atoms with E-state index in [9.17, 15) is 0 Å². The van der Waals surface area contributed by atoms with Crippen molar-refractivity contribution in [2.24, 2.45) is 0 Å². The van der Waals surface area contributed by atoms with Gasteiger partial charge in [0.05, 0.1) is 7.11 Å². The number of hydrogen-bond acceptors (Lipinski definition) is 2. The van der Waals surface area contributed by atoms with E-state index in [0.29, 0.717) is 0 Å². The first-order valence-corrected chi connectivity index (χ1v) is 5.28. The molecule has 0 atom stereocenters. The molecule has 0 bridgehead atoms. The van der Waals surface area contributed by atoms with Crippen LogP contribution in [0.5, 0.6) is 11.5 Å². The lowest BCUT2D eigenvalue weighted by Crippen LogP contribution is -2.32. The van der Waals surface area contributed by atoms with Crippen LogP contribution in [0.3, 0.4) is 0 Å². The van der Waals surface area contributed by atoms with Crippen LogP contribution in [0.2, 0.25) is 0 Å². The van der Waals surface area contributed by atoms with Crippen molar-refractivity contribution in [2.45, 2.75) is 19.4 Å². The Balaban J connectivity index is 2.51. The Morgan fingerprint density at radius 2 is 2.12 bits per heavy atom. The molecule has 1 heterocycles. The summed E-state index contributed by atoms with van der Waals surface area (Å²) in [5.41, 5.74) is 1.82. The highest BCUT2D eigenvalue weighted by Gasteiger charge is 2.28. The first-order chi connectivity index (χ1) is 7.56. The number of hydrogen-bond donors (Lipinski definition) is 0. The van der Waals surface area contributed by atoms with Gasteiger partial charge in [-0.05, 0) is 37.6 Å². The van der Waals surface area contributed by atoms with Gasteiger partial charge in [-0.25, -0.2) is 0 Å². The van der Waals surface area contributed by atoms with E-state index in [-0.39, 0.29) is 5.60 Å². The van der Waals surface area contributed by atoms with Crippen LogP contribution < -0.4 is 9.47 Å². The van der Waals surface area contributed by atoms with E-state index in [1.807, 2.05) is 38.1 Å². The molecule has 2 heteroatoms. The topological polar surface area (TPSA) is 18.5 Å². The van der Waals surface area contributed by atoms with E-state index in [1.165, 1.54) is 0 Å². The molecule has 0 fully saturated rings. The summed E-state index contributed by atoms with van der Waals surface area (Å²) in [5, 5.41) is 0. The monoisotopic (exact) mass is 216 g/mol. The maximum Gasteiger partial charge on any atom is 0.131 e. The first kappa shape index (κ1) is 10.8. The molecule has 16 heavy (non-hydrogen) atoms. The quantitative estimate of drug-likeness (QED) is 0.754. The van der Waals surface area contributed by atoms with Crippen molar-refractivity contribution >= 4 is 6.08 Å². The first-order valence-electron chi connectivity index (χ1n) is 5.28. The molecule has 0 spiro atoms. The molecule has 2 rings (SSSR count). The Kier molecular flexibility index (Phi) is 2.50. The zero-order chi connectivity index (χ0) is 11.8. The van der Waals surface area contributed by atoms with Gasteiger partial charge in [0.1, 0.15) is 17.1 Å². The average molecular weight is 216 g/mol. The maximum absolute atomic E-state index is 5.95. The molecule has 0 aliphatic carbocycles. The Hall–Kier alpha value is -1.70. The molecule has 0 saturated carbocycles. The molecule has 1 aromatic rings. The van der Waals surface area contributed by atoms with E-state index in [0.717, 1.165) is 22.6 Å². The molecule has 0 radical (unpaired) electrons. The third-order valence-electron chi connectivity index (χ3n) is 2.81. The number of benzene rings is 1. The lowest BCUT2D eigenvalue weighted by molar-refractivity contribution is 0.149. The van der Waals surface area contributed by atoms with Crippen LogP contribution in [0.1, 0.15) is 19.4 Å². The van der Waals surface area contributed by atoms with Gasteiger partial charge in [-0.2, -0.15) is 0 Å². The van der Waals surface area contributed by atoms with Crippen LogP contribution in [-0.4, -0.2) is 12.7 Å². The number of fused-ring (bicyclic) bond motifs is 1. The molecule has 0 N–H and O–H groups in total. The minimum absolute atomic E-state index is 0.332. The lowest BCUT2D eigenvalue weighted by Gasteiger charge is -2.32. The zero-order valence-electron chi connectivity index (χ0n) is 9.91. The highest BCUT2D eigenvalue weighted by atomic mass is 16.5. The second-order valence-electron chi connectivity index (χ2n) is 4.32. The fourth-order valence-electron chi connectivity index (χ4n) is 1.83. The van der Waals surface area contributed by atoms with Gasteiger partial charge in [-0.15, -0.1) is 0 Å². The normalized spacial score (nSPS) is 16.8. The van der Waals surface area contributed by atoms with Crippen LogP contribution >= 0.6 is 0 Å². The van der Waals surface area contributed by atoms with Gasteiger partial charge in [0, 0.05) is 11.6 Å². The SMILES string of the molecule is C=CC1=Cc2ccc(OC)cc2OC1(C)C. The molecule has 0 unspecified atom stereocenters. The Morgan fingerprint density at radius 1 is 1.38 bits per heavy atom. The predicted octanol–water partition coefficient (Wildman–Crippen LogP) is 3.44. The summed E-state index contributed by atoms with van der Waals surface area (Å²) >= 11 is 0. The molecule has 1 aromatic carbocycles. The van der Waals surface area contributed by atoms with Crippen LogP contribution in [0, 0.1) is 0 Å². The Morgan fingerprint density at radius 3 is 2.75 bits per heavy atom. The van der Waals surface area contributed by atoms with E-state index >= 15 is 0 Å². The smallest absolute Gasteiger partial charge is 0.131 e. The summed E-state index contributed by atoms with van der Waals surface area (Å²) in [6.45, 7) is 7.88. The van der Waals surface area contributed by atoms with Gasteiger partial charge >= 0.3 is 0 Å². The Bertz CT molecular complexity index is 456. The lowest BCUT2D eigenvalue weighted by atomic mass is 9.92. The van der Waals surface area contributed by atoms with E-state index in [1.54, 1.807) is 7.11 Å². The van der Waals surface area contributed by atoms with E-state index in [4.69, 9.17) is 9.47 Å². The second-order valence-corrected chi connectivity index (χ2v) is 4.32. The van der Waals surface area contributed by atoms with Crippen molar-refractivity contribution in [1.29, 1.82) is 0 Å². The summed E-state index contributed by atoms with van der Waals surface area (Å²) in [7, 11) is 1.65. The average Bonchev–Trinajstić information content (AvgIpc) is 2.26. The van der Waals surface area contributed by atoms with Crippen molar-refractivity contribution < 1.29 is 9.47 Å². The van der Waals surface area contributed by atoms with Crippen LogP contribution in [-0.2, 0) is 0 Å². The minimum atomic E-state index is -0.332. The number of rotatable bonds is 2. The third-order valence-corrected chi connectivity index (χ3v) is 2.81. The van der Waals surface area contributed by atoms with Crippen LogP contribution in [0.4, 0.5) is 0 Å². The fourth-order valence-corrected chi connectivity index (χ4v) is 1.83. The van der Waals surface area contributed by atoms with Gasteiger partial charge in [-0.3, -0.25) is 0 Å². The molecular weight excluding hydrogens is 200 g/mol. The largest absolute Gasteiger partial charge is 0.497 e. The predicted molar refractivity (Wildman–Crippen MR) is 65.9 cm³/mol. The summed E-state index contributed by atoms with van der Waals surface area (Å²) in [6.07, 6.45) is 3.94. The number of ether oxygens (including phenoxy) is 2. The van der Waals surface area contributed by atoms with Gasteiger partial charge < -0.3 is 9.47 Å². The van der Waals surface area contributed by atoms with Crippen LogP contribution in [0.25, 0.3) is 6.08 Å². The molecule has 84 valence electrons. The summed E-state index contributed by atoms with van der Waals surface area (Å²) in [4.78, 5) is 0. The van der Waals surface area contributed by atoms with Crippen molar-refractivity contribution in [3.05, 3.63) is 42.0 Å². The fraction of sp³-hybridized carbons (Fsp3) is 0.286. The van der Waals surface area contributed by atoms with Crippen molar-refractivity contribution in [1.82, 2.24) is 0 Å². The molecular formula is C14H16O2. The minimum Gasteiger partial charge on any atom is -0.497 e. The molecule has 1 aliphatic heterocycles. The summed E-state index contributed by atoms with van der Waals surface area (Å²) < 4.78 is 11.1. The summed E-state index contributed by atoms with van der Waals surface area (Å²) in [5.74, 6) is 1.67. The van der Waals surface area contributed by atoms with Gasteiger partial charge in [0.25, 0.3) is 0 Å². The van der Waals surface area contributed by atoms with Crippen molar-refractivity contribution in [3.63, 3.8) is 0 Å². The Labute approximate surface area is 96.2 Å². The molecule has 0 saturated heterocycles. The van der Waals surface area contributed by atoms with Crippen molar-refractivity contribution in [2.75, 3.05) is 7.11 Å². The third kappa shape index (κ3) is 1.71. The molecule has 0 amide bonds. The standard InChI is InChI=1S/C14H16O2/c1-5-11-8-10-6-7-12(15-4)9-13(10)16-14(11,2)3/h5-9H,1H2,2-4H3. The highest BCUT2D eigenvalue weighted by Crippen LogP contribution is 2.37. The summed E-state index contributed by atoms with van der Waals surface area (Å²) in [6, 6.07) is 5.83. The second kappa shape index (κ2) is 3.71. The maximum atomic E-state index is 5.95. The van der Waals surface area contributed by atoms with Crippen LogP contribution in [0.15, 0.2) is 36.4 Å². The van der Waals surface area contributed by atoms with E-state index in [2.05, 4.69) is 12.7 Å². The van der Waals surface area contributed by atoms with E-state index < -0.39 is 0 Å².